The van der Waals surface area contributed by atoms with Crippen molar-refractivity contribution in [2.45, 2.75) is 32.2 Å². The fourth-order valence-corrected chi connectivity index (χ4v) is 2.74. The largest absolute Gasteiger partial charge is 0.314 e. The van der Waals surface area contributed by atoms with Crippen LogP contribution in [0.25, 0.3) is 0 Å². The van der Waals surface area contributed by atoms with Crippen molar-refractivity contribution in [3.63, 3.8) is 0 Å². The van der Waals surface area contributed by atoms with Crippen molar-refractivity contribution in [2.75, 3.05) is 6.54 Å². The minimum Gasteiger partial charge on any atom is -0.314 e. The topological polar surface area (TPSA) is 12.0 Å². The number of aryl methyl sites for hydroxylation is 1. The van der Waals surface area contributed by atoms with Crippen molar-refractivity contribution in [1.29, 1.82) is 0 Å². The van der Waals surface area contributed by atoms with E-state index in [0.717, 1.165) is 19.4 Å². The summed E-state index contributed by atoms with van der Waals surface area (Å²) in [5.74, 6) is 0. The minimum absolute atomic E-state index is 0.588. The molecule has 0 amide bonds. The van der Waals surface area contributed by atoms with Gasteiger partial charge >= 0.3 is 0 Å². The van der Waals surface area contributed by atoms with Gasteiger partial charge in [-0.3, -0.25) is 0 Å². The SMILES string of the molecule is CC(CCc1ccccc1)NCCc1cccs1. The van der Waals surface area contributed by atoms with Gasteiger partial charge < -0.3 is 5.32 Å². The fraction of sp³-hybridized carbons (Fsp3) is 0.375. The van der Waals surface area contributed by atoms with Crippen LogP contribution < -0.4 is 5.32 Å². The number of nitrogens with one attached hydrogen (secondary N) is 1. The van der Waals surface area contributed by atoms with Crippen LogP contribution in [0, 0.1) is 0 Å². The highest BCUT2D eigenvalue weighted by molar-refractivity contribution is 7.09. The van der Waals surface area contributed by atoms with Crippen LogP contribution in [0.1, 0.15) is 23.8 Å². The molecule has 0 saturated heterocycles. The molecule has 1 heterocycles. The van der Waals surface area contributed by atoms with E-state index in [1.165, 1.54) is 16.9 Å². The Balaban J connectivity index is 1.62. The molecule has 0 fully saturated rings. The van der Waals surface area contributed by atoms with E-state index in [-0.39, 0.29) is 0 Å². The quantitative estimate of drug-likeness (QED) is 0.795. The molecule has 96 valence electrons. The predicted octanol–water partition coefficient (Wildman–Crippen LogP) is 3.90. The van der Waals surface area contributed by atoms with Crippen LogP contribution in [-0.4, -0.2) is 12.6 Å². The van der Waals surface area contributed by atoms with Gasteiger partial charge in [-0.05, 0) is 43.2 Å². The average Bonchev–Trinajstić information content (AvgIpc) is 2.91. The van der Waals surface area contributed by atoms with Gasteiger partial charge in [0.1, 0.15) is 0 Å². The number of benzene rings is 1. The van der Waals surface area contributed by atoms with Crippen molar-refractivity contribution in [3.05, 3.63) is 58.3 Å². The van der Waals surface area contributed by atoms with E-state index in [4.69, 9.17) is 0 Å². The van der Waals surface area contributed by atoms with Crippen molar-refractivity contribution >= 4 is 11.3 Å². The Bertz CT molecular complexity index is 422. The van der Waals surface area contributed by atoms with E-state index in [1.807, 2.05) is 11.3 Å². The van der Waals surface area contributed by atoms with E-state index in [1.54, 1.807) is 0 Å². The Morgan fingerprint density at radius 2 is 1.89 bits per heavy atom. The first-order valence-electron chi connectivity index (χ1n) is 6.64. The Kier molecular flexibility index (Phi) is 5.43. The van der Waals surface area contributed by atoms with Crippen LogP contribution in [0.2, 0.25) is 0 Å². The van der Waals surface area contributed by atoms with Crippen LogP contribution in [-0.2, 0) is 12.8 Å². The third kappa shape index (κ3) is 4.63. The van der Waals surface area contributed by atoms with Crippen molar-refractivity contribution < 1.29 is 0 Å². The molecule has 1 aromatic carbocycles. The summed E-state index contributed by atoms with van der Waals surface area (Å²) in [5.41, 5.74) is 1.43. The van der Waals surface area contributed by atoms with Crippen LogP contribution in [0.5, 0.6) is 0 Å². The van der Waals surface area contributed by atoms with E-state index in [0.29, 0.717) is 6.04 Å². The third-order valence-corrected chi connectivity index (χ3v) is 4.09. The molecular weight excluding hydrogens is 238 g/mol. The van der Waals surface area contributed by atoms with Crippen LogP contribution in [0.3, 0.4) is 0 Å². The van der Waals surface area contributed by atoms with Crippen LogP contribution in [0.15, 0.2) is 47.8 Å². The maximum atomic E-state index is 3.60. The highest BCUT2D eigenvalue weighted by Crippen LogP contribution is 2.09. The average molecular weight is 259 g/mol. The molecule has 2 rings (SSSR count). The number of rotatable bonds is 7. The first kappa shape index (κ1) is 13.3. The van der Waals surface area contributed by atoms with E-state index < -0.39 is 0 Å². The first-order valence-corrected chi connectivity index (χ1v) is 7.52. The highest BCUT2D eigenvalue weighted by Gasteiger charge is 2.02. The summed E-state index contributed by atoms with van der Waals surface area (Å²) < 4.78 is 0. The second-order valence-corrected chi connectivity index (χ2v) is 5.74. The van der Waals surface area contributed by atoms with Crippen LogP contribution >= 0.6 is 11.3 Å². The Hall–Kier alpha value is -1.12. The Morgan fingerprint density at radius 3 is 2.61 bits per heavy atom. The lowest BCUT2D eigenvalue weighted by atomic mass is 10.1. The summed E-state index contributed by atoms with van der Waals surface area (Å²) in [5, 5.41) is 5.74. The van der Waals surface area contributed by atoms with Gasteiger partial charge in [0.2, 0.25) is 0 Å². The molecule has 1 atom stereocenters. The third-order valence-electron chi connectivity index (χ3n) is 3.15. The lowest BCUT2D eigenvalue weighted by Crippen LogP contribution is -2.28. The normalized spacial score (nSPS) is 12.5. The maximum Gasteiger partial charge on any atom is 0.00578 e. The van der Waals surface area contributed by atoms with Crippen molar-refractivity contribution in [3.8, 4) is 0 Å². The zero-order valence-electron chi connectivity index (χ0n) is 10.9. The molecule has 0 aliphatic rings. The van der Waals surface area contributed by atoms with E-state index in [9.17, 15) is 0 Å². The Morgan fingerprint density at radius 1 is 1.06 bits per heavy atom. The van der Waals surface area contributed by atoms with Gasteiger partial charge in [0.05, 0.1) is 0 Å². The fourth-order valence-electron chi connectivity index (χ4n) is 2.03. The van der Waals surface area contributed by atoms with E-state index >= 15 is 0 Å². The summed E-state index contributed by atoms with van der Waals surface area (Å²) in [4.78, 5) is 1.47. The van der Waals surface area contributed by atoms with Gasteiger partial charge in [-0.25, -0.2) is 0 Å². The van der Waals surface area contributed by atoms with Crippen molar-refractivity contribution in [1.82, 2.24) is 5.32 Å². The summed E-state index contributed by atoms with van der Waals surface area (Å²) in [7, 11) is 0. The molecule has 1 N–H and O–H groups in total. The molecule has 0 aliphatic heterocycles. The minimum atomic E-state index is 0.588. The molecule has 0 aliphatic carbocycles. The number of hydrogen-bond donors (Lipinski definition) is 1. The first-order chi connectivity index (χ1) is 8.84. The monoisotopic (exact) mass is 259 g/mol. The van der Waals surface area contributed by atoms with Gasteiger partial charge in [0, 0.05) is 17.5 Å². The molecule has 18 heavy (non-hydrogen) atoms. The molecule has 1 nitrogen and oxygen atoms in total. The zero-order valence-corrected chi connectivity index (χ0v) is 11.7. The molecule has 0 saturated carbocycles. The predicted molar refractivity (Wildman–Crippen MR) is 80.3 cm³/mol. The summed E-state index contributed by atoms with van der Waals surface area (Å²) >= 11 is 1.84. The number of hydrogen-bond acceptors (Lipinski definition) is 2. The second-order valence-electron chi connectivity index (χ2n) is 4.71. The van der Waals surface area contributed by atoms with Crippen molar-refractivity contribution in [2.24, 2.45) is 0 Å². The molecule has 2 aromatic rings. The molecule has 2 heteroatoms. The molecule has 0 radical (unpaired) electrons. The molecule has 1 unspecified atom stereocenters. The number of thiophene rings is 1. The van der Waals surface area contributed by atoms with Gasteiger partial charge in [0.15, 0.2) is 0 Å². The molecule has 0 spiro atoms. The van der Waals surface area contributed by atoms with E-state index in [2.05, 4.69) is 60.1 Å². The van der Waals surface area contributed by atoms with Gasteiger partial charge in [-0.15, -0.1) is 11.3 Å². The second kappa shape index (κ2) is 7.34. The molecule has 1 aromatic heterocycles. The van der Waals surface area contributed by atoms with Gasteiger partial charge in [-0.2, -0.15) is 0 Å². The smallest absolute Gasteiger partial charge is 0.00578 e. The lowest BCUT2D eigenvalue weighted by Gasteiger charge is -2.13. The molecule has 0 bridgehead atoms. The maximum absolute atomic E-state index is 3.60. The summed E-state index contributed by atoms with van der Waals surface area (Å²) in [6.45, 7) is 3.35. The lowest BCUT2D eigenvalue weighted by molar-refractivity contribution is 0.518. The molecular formula is C16H21NS. The van der Waals surface area contributed by atoms with Crippen LogP contribution in [0.4, 0.5) is 0 Å². The summed E-state index contributed by atoms with van der Waals surface area (Å²) in [6, 6.07) is 15.6. The van der Waals surface area contributed by atoms with Gasteiger partial charge in [-0.1, -0.05) is 36.4 Å². The Labute approximate surface area is 114 Å². The standard InChI is InChI=1S/C16H21NS/c1-14(9-10-15-6-3-2-4-7-15)17-12-11-16-8-5-13-18-16/h2-8,13-14,17H,9-12H2,1H3. The zero-order chi connectivity index (χ0) is 12.6. The highest BCUT2D eigenvalue weighted by atomic mass is 32.1. The summed E-state index contributed by atoms with van der Waals surface area (Å²) in [6.07, 6.45) is 3.51. The van der Waals surface area contributed by atoms with Gasteiger partial charge in [0.25, 0.3) is 0 Å².